The van der Waals surface area contributed by atoms with Crippen molar-refractivity contribution in [2.45, 2.75) is 65.3 Å². The van der Waals surface area contributed by atoms with Crippen LogP contribution in [0.5, 0.6) is 5.75 Å². The minimum Gasteiger partial charge on any atom is -0.481 e. The molecule has 0 saturated carbocycles. The number of aromatic nitrogens is 6. The second-order valence-electron chi connectivity index (χ2n) is 15.2. The highest BCUT2D eigenvalue weighted by Gasteiger charge is 2.34. The second-order valence-corrected chi connectivity index (χ2v) is 15.6. The van der Waals surface area contributed by atoms with Crippen LogP contribution in [0.4, 0.5) is 24.5 Å². The van der Waals surface area contributed by atoms with Crippen molar-refractivity contribution in [2.24, 2.45) is 0 Å². The van der Waals surface area contributed by atoms with Crippen molar-refractivity contribution < 1.29 is 32.2 Å². The van der Waals surface area contributed by atoms with Gasteiger partial charge in [0.05, 0.1) is 35.2 Å². The smallest absolute Gasteiger partial charge is 0.416 e. The van der Waals surface area contributed by atoms with Crippen molar-refractivity contribution in [3.63, 3.8) is 0 Å². The molecule has 0 bridgehead atoms. The molecule has 0 spiro atoms. The molecule has 0 atom stereocenters. The number of halogens is 4. The number of rotatable bonds is 10. The van der Waals surface area contributed by atoms with Gasteiger partial charge in [0.25, 0.3) is 17.0 Å². The molecule has 320 valence electrons. The first-order chi connectivity index (χ1) is 29.9. The van der Waals surface area contributed by atoms with Gasteiger partial charge in [0, 0.05) is 44.7 Å². The number of alkyl halides is 3. The number of hydrogen-bond donors (Lipinski definition) is 1. The molecule has 3 aliphatic rings. The highest BCUT2D eigenvalue weighted by atomic mass is 35.5. The Morgan fingerprint density at radius 2 is 1.69 bits per heavy atom. The van der Waals surface area contributed by atoms with E-state index in [1.165, 1.54) is 0 Å². The lowest BCUT2D eigenvalue weighted by Crippen LogP contribution is -2.51. The van der Waals surface area contributed by atoms with Crippen LogP contribution in [0, 0.1) is 0 Å². The van der Waals surface area contributed by atoms with Crippen LogP contribution >= 0.6 is 11.6 Å². The summed E-state index contributed by atoms with van der Waals surface area (Å²) in [6, 6.07) is 17.6. The number of amides is 2. The molecule has 1 N–H and O–H groups in total. The number of anilines is 2. The number of nitrogens with one attached hydrogen (secondary N) is 1. The quantitative estimate of drug-likeness (QED) is 0.186. The van der Waals surface area contributed by atoms with Gasteiger partial charge in [-0.25, -0.2) is 4.98 Å². The van der Waals surface area contributed by atoms with Gasteiger partial charge in [-0.1, -0.05) is 61.0 Å². The van der Waals surface area contributed by atoms with Crippen LogP contribution in [0.1, 0.15) is 57.6 Å². The maximum Gasteiger partial charge on any atom is 0.416 e. The number of carbonyl (C=O) groups excluding carboxylic acids is 2. The van der Waals surface area contributed by atoms with E-state index in [9.17, 15) is 32.3 Å². The summed E-state index contributed by atoms with van der Waals surface area (Å²) < 4.78 is 55.9. The van der Waals surface area contributed by atoms with Crippen LogP contribution in [-0.4, -0.2) is 71.6 Å². The first-order valence-electron chi connectivity index (χ1n) is 20.1. The number of ether oxygens (including phenoxy) is 2. The molecule has 0 unspecified atom stereocenters. The Labute approximate surface area is 356 Å². The molecular formula is C43H39ClF3N9O6. The highest BCUT2D eigenvalue weighted by Crippen LogP contribution is 2.34. The predicted molar refractivity (Wildman–Crippen MR) is 221 cm³/mol. The van der Waals surface area contributed by atoms with E-state index >= 15 is 0 Å². The van der Waals surface area contributed by atoms with Crippen molar-refractivity contribution >= 4 is 40.6 Å². The number of benzene rings is 3. The fourth-order valence-corrected chi connectivity index (χ4v) is 8.40. The molecule has 9 rings (SSSR count). The first-order valence-corrected chi connectivity index (χ1v) is 20.5. The highest BCUT2D eigenvalue weighted by molar-refractivity contribution is 6.33. The van der Waals surface area contributed by atoms with Crippen LogP contribution in [-0.2, 0) is 61.5 Å². The van der Waals surface area contributed by atoms with Gasteiger partial charge >= 0.3 is 6.18 Å². The van der Waals surface area contributed by atoms with Gasteiger partial charge in [0.2, 0.25) is 17.4 Å². The maximum absolute atomic E-state index is 14.6. The number of aryl methyl sites for hydroxylation is 1. The molecule has 3 aromatic heterocycles. The normalized spacial score (nSPS) is 14.9. The SMILES string of the molecule is CCc1c(N2CCN(C(=O)c3nc4n(c(=O)c3OCc3ccccc3)CCC4)CC2)c(=O)n2nc(-c3ccc4c(c3)COC4)nc2n1CC(=O)Nc1ccc(C(F)(F)F)cc1Cl. The van der Waals surface area contributed by atoms with Crippen LogP contribution < -0.4 is 26.1 Å². The largest absolute Gasteiger partial charge is 0.481 e. The van der Waals surface area contributed by atoms with Crippen LogP contribution in [0.3, 0.4) is 0 Å². The van der Waals surface area contributed by atoms with E-state index in [0.717, 1.165) is 45.8 Å². The van der Waals surface area contributed by atoms with Gasteiger partial charge in [-0.05, 0) is 53.8 Å². The summed E-state index contributed by atoms with van der Waals surface area (Å²) in [5.74, 6) is -0.396. The lowest BCUT2D eigenvalue weighted by molar-refractivity contribution is -0.137. The Morgan fingerprint density at radius 1 is 0.919 bits per heavy atom. The third-order valence-electron chi connectivity index (χ3n) is 11.3. The first kappa shape index (κ1) is 40.9. The van der Waals surface area contributed by atoms with Crippen molar-refractivity contribution in [1.82, 2.24) is 33.6 Å². The second kappa shape index (κ2) is 16.4. The maximum atomic E-state index is 14.6. The average molecular weight is 870 g/mol. The molecule has 62 heavy (non-hydrogen) atoms. The molecule has 2 amide bonds. The van der Waals surface area contributed by atoms with Gasteiger partial charge < -0.3 is 29.2 Å². The Hall–Kier alpha value is -6.53. The number of hydrogen-bond acceptors (Lipinski definition) is 10. The Balaban J connectivity index is 1.04. The number of fused-ring (bicyclic) bond motifs is 3. The van der Waals surface area contributed by atoms with Crippen LogP contribution in [0.15, 0.2) is 76.3 Å². The van der Waals surface area contributed by atoms with E-state index in [0.29, 0.717) is 43.3 Å². The monoisotopic (exact) mass is 869 g/mol. The van der Waals surface area contributed by atoms with E-state index in [4.69, 9.17) is 26.1 Å². The van der Waals surface area contributed by atoms with Gasteiger partial charge in [0.15, 0.2) is 11.5 Å². The zero-order chi connectivity index (χ0) is 43.3. The zero-order valence-electron chi connectivity index (χ0n) is 33.4. The van der Waals surface area contributed by atoms with Crippen LogP contribution in [0.25, 0.3) is 17.2 Å². The Kier molecular flexibility index (Phi) is 10.8. The summed E-state index contributed by atoms with van der Waals surface area (Å²) in [5, 5.41) is 6.93. The summed E-state index contributed by atoms with van der Waals surface area (Å²) in [6.07, 6.45) is -3.10. The molecule has 6 aromatic rings. The molecule has 3 aromatic carbocycles. The lowest BCUT2D eigenvalue weighted by atomic mass is 10.1. The van der Waals surface area contributed by atoms with E-state index < -0.39 is 41.2 Å². The standard InChI is InChI=1S/C43H39ClF3N9O6/c1-2-32-36(52-15-17-53(18-16-52)39(58)35-37(62-22-25-7-4-3-5-8-25)41(60)54-14-6-9-33(54)49-35)40(59)56-42(50-38(51-56)26-10-11-27-23-61-24-28(27)19-26)55(32)21-34(57)48-31-13-12-29(20-30(31)44)43(45,46)47/h3-5,7-8,10-13,19-20H,2,6,9,14-18,21-24H2,1H3,(H,48,57). The molecular weight excluding hydrogens is 831 g/mol. The minimum atomic E-state index is -4.63. The third kappa shape index (κ3) is 7.68. The number of nitrogens with zero attached hydrogens (tertiary/aromatic N) is 8. The molecule has 15 nitrogen and oxygen atoms in total. The summed E-state index contributed by atoms with van der Waals surface area (Å²) in [4.78, 5) is 69.0. The van der Waals surface area contributed by atoms with E-state index in [2.05, 4.69) is 15.4 Å². The van der Waals surface area contributed by atoms with Crippen molar-refractivity contribution in [3.05, 3.63) is 132 Å². The molecule has 1 saturated heterocycles. The Morgan fingerprint density at radius 3 is 2.44 bits per heavy atom. The fraction of sp³-hybridized carbons (Fsp3) is 0.326. The van der Waals surface area contributed by atoms with Crippen LogP contribution in [0.2, 0.25) is 5.02 Å². The van der Waals surface area contributed by atoms with Gasteiger partial charge in [0.1, 0.15) is 24.7 Å². The van der Waals surface area contributed by atoms with E-state index in [1.54, 1.807) is 14.0 Å². The van der Waals surface area contributed by atoms with Crippen molar-refractivity contribution in [1.29, 1.82) is 0 Å². The minimum absolute atomic E-state index is 0.0301. The molecule has 1 fully saturated rings. The molecule has 19 heteroatoms. The summed E-state index contributed by atoms with van der Waals surface area (Å²) in [6.45, 7) is 3.57. The van der Waals surface area contributed by atoms with Crippen molar-refractivity contribution in [2.75, 3.05) is 36.4 Å². The molecule has 3 aliphatic heterocycles. The summed E-state index contributed by atoms with van der Waals surface area (Å²) in [5.41, 5.74) is 2.17. The number of piperazine rings is 1. The lowest BCUT2D eigenvalue weighted by Gasteiger charge is -2.36. The van der Waals surface area contributed by atoms with Gasteiger partial charge in [-0.2, -0.15) is 22.7 Å². The average Bonchev–Trinajstić information content (AvgIpc) is 4.05. The Bertz CT molecular complexity index is 2870. The van der Waals surface area contributed by atoms with E-state index in [-0.39, 0.29) is 78.6 Å². The summed E-state index contributed by atoms with van der Waals surface area (Å²) in [7, 11) is 0. The molecule has 6 heterocycles. The zero-order valence-corrected chi connectivity index (χ0v) is 34.1. The topological polar surface area (TPSA) is 158 Å². The molecule has 0 aliphatic carbocycles. The fourth-order valence-electron chi connectivity index (χ4n) is 8.17. The number of carbonyl (C=O) groups is 2. The van der Waals surface area contributed by atoms with Crippen molar-refractivity contribution in [3.8, 4) is 17.1 Å². The molecule has 0 radical (unpaired) electrons. The van der Waals surface area contributed by atoms with E-state index in [1.807, 2.05) is 60.4 Å². The summed E-state index contributed by atoms with van der Waals surface area (Å²) >= 11 is 6.19. The predicted octanol–water partition coefficient (Wildman–Crippen LogP) is 5.51. The van der Waals surface area contributed by atoms with Gasteiger partial charge in [-0.15, -0.1) is 5.10 Å². The third-order valence-corrected chi connectivity index (χ3v) is 11.6. The van der Waals surface area contributed by atoms with Gasteiger partial charge in [-0.3, -0.25) is 23.7 Å².